The average Bonchev–Trinajstić information content (AvgIpc) is 2.93. The molecule has 0 aliphatic heterocycles. The van der Waals surface area contributed by atoms with Crippen molar-refractivity contribution in [2.24, 2.45) is 0 Å². The van der Waals surface area contributed by atoms with Crippen molar-refractivity contribution in [2.75, 3.05) is 13.2 Å². The number of aliphatic hydroxyl groups is 1. The second-order valence-electron chi connectivity index (χ2n) is 5.25. The molecule has 0 spiro atoms. The van der Waals surface area contributed by atoms with E-state index in [0.29, 0.717) is 16.4 Å². The van der Waals surface area contributed by atoms with E-state index in [9.17, 15) is 0 Å². The number of hydrogen-bond donors (Lipinski definition) is 1. The molecule has 130 valence electrons. The SMILES string of the molecule is CC(C)(C)[NH-].C[Si]OCCO.[Cl][Ti][Cl].c1ccc2[cH-]ccc2c1. The summed E-state index contributed by atoms with van der Waals surface area (Å²) in [6.07, 6.45) is 0. The van der Waals surface area contributed by atoms with E-state index in [2.05, 4.69) is 42.5 Å². The van der Waals surface area contributed by atoms with Gasteiger partial charge < -0.3 is 15.3 Å². The van der Waals surface area contributed by atoms with Crippen LogP contribution in [0.15, 0.2) is 42.5 Å². The van der Waals surface area contributed by atoms with Crippen LogP contribution in [-0.4, -0.2) is 33.6 Å². The molecule has 0 aliphatic rings. The smallest absolute Gasteiger partial charge is 0.0809 e. The number of fused-ring (bicyclic) bond motifs is 1. The Hall–Kier alpha value is 0.221. The Morgan fingerprint density at radius 2 is 1.78 bits per heavy atom. The molecule has 0 atom stereocenters. The van der Waals surface area contributed by atoms with Crippen LogP contribution in [0, 0.1) is 0 Å². The first-order valence-corrected chi connectivity index (χ1v) is 12.7. The number of nitrogens with one attached hydrogen (secondary N) is 1. The van der Waals surface area contributed by atoms with Crippen LogP contribution in [0.25, 0.3) is 16.5 Å². The zero-order valence-electron chi connectivity index (χ0n) is 14.1. The molecule has 2 N–H and O–H groups in total. The number of aliphatic hydroxyl groups excluding tert-OH is 1. The largest absolute Gasteiger partial charge is 0.168 e. The van der Waals surface area contributed by atoms with E-state index < -0.39 is 17.0 Å². The summed E-state index contributed by atoms with van der Waals surface area (Å²) in [5, 5.41) is 10.7. The molecule has 0 saturated carbocycles. The summed E-state index contributed by atoms with van der Waals surface area (Å²) in [5.41, 5.74) is 6.69. The second-order valence-corrected chi connectivity index (χ2v) is 8.53. The maximum atomic E-state index is 8.08. The predicted molar refractivity (Wildman–Crippen MR) is 100.0 cm³/mol. The minimum atomic E-state index is -0.556. The molecule has 0 unspecified atom stereocenters. The first-order valence-electron chi connectivity index (χ1n) is 7.01. The number of benzene rings is 1. The monoisotopic (exact) mass is 409 g/mol. The zero-order chi connectivity index (χ0) is 18.1. The molecule has 2 rings (SSSR count). The fourth-order valence-electron chi connectivity index (χ4n) is 1.22. The van der Waals surface area contributed by atoms with E-state index in [1.807, 2.05) is 27.3 Å². The topological polar surface area (TPSA) is 53.3 Å². The Morgan fingerprint density at radius 3 is 2.17 bits per heavy atom. The van der Waals surface area contributed by atoms with Gasteiger partial charge in [0.15, 0.2) is 0 Å². The van der Waals surface area contributed by atoms with Crippen LogP contribution >= 0.6 is 18.6 Å². The van der Waals surface area contributed by atoms with Gasteiger partial charge in [0.05, 0.1) is 13.2 Å². The quantitative estimate of drug-likeness (QED) is 0.417. The molecule has 0 fully saturated rings. The zero-order valence-corrected chi connectivity index (χ0v) is 18.1. The van der Waals surface area contributed by atoms with E-state index >= 15 is 0 Å². The van der Waals surface area contributed by atoms with Crippen molar-refractivity contribution in [1.29, 1.82) is 0 Å². The first-order chi connectivity index (χ1) is 10.8. The Bertz CT molecular complexity index is 438. The van der Waals surface area contributed by atoms with Gasteiger partial charge in [0.1, 0.15) is 0 Å². The summed E-state index contributed by atoms with van der Waals surface area (Å²) in [6, 6.07) is 14.7. The summed E-state index contributed by atoms with van der Waals surface area (Å²) < 4.78 is 4.76. The third kappa shape index (κ3) is 22.2. The minimum absolute atomic E-state index is 0.140. The molecule has 0 aromatic heterocycles. The predicted octanol–water partition coefficient (Wildman–Crippen LogP) is 5.43. The van der Waals surface area contributed by atoms with Crippen LogP contribution in [0.1, 0.15) is 20.8 Å². The van der Waals surface area contributed by atoms with Gasteiger partial charge in [-0.05, 0) is 6.55 Å². The molecule has 3 nitrogen and oxygen atoms in total. The molecule has 0 saturated heterocycles. The Morgan fingerprint density at radius 1 is 1.26 bits per heavy atom. The van der Waals surface area contributed by atoms with Crippen LogP contribution in [0.2, 0.25) is 6.55 Å². The molecule has 7 heteroatoms. The summed E-state index contributed by atoms with van der Waals surface area (Å²) in [5.74, 6) is 0. The molecule has 0 heterocycles. The van der Waals surface area contributed by atoms with E-state index in [-0.39, 0.29) is 12.1 Å². The molecule has 0 aliphatic carbocycles. The van der Waals surface area contributed by atoms with Gasteiger partial charge in [0.2, 0.25) is 9.76 Å². The number of rotatable bonds is 3. The van der Waals surface area contributed by atoms with E-state index in [1.54, 1.807) is 0 Å². The number of halogens is 2. The van der Waals surface area contributed by atoms with Crippen molar-refractivity contribution in [3.63, 3.8) is 0 Å². The Balaban J connectivity index is 0. The van der Waals surface area contributed by atoms with Crippen LogP contribution in [0.3, 0.4) is 0 Å². The van der Waals surface area contributed by atoms with Crippen LogP contribution < -0.4 is 0 Å². The fourth-order valence-corrected chi connectivity index (χ4v) is 1.51. The standard InChI is InChI=1S/C9H7.C4H10N.C3H8O2Si.2ClH.Ti/c1-2-5-9-7-3-6-8(9)4-1;1-4(2,3)5;1-6-5-3-2-4;;;/h1-7H;5H,1-3H3;4H,2-3H2,1H3;2*1H;/q2*-1;;;;+2/p-2. The second kappa shape index (κ2) is 17.1. The van der Waals surface area contributed by atoms with E-state index in [0.717, 1.165) is 0 Å². The molecule has 2 radical (unpaired) electrons. The van der Waals surface area contributed by atoms with E-state index in [1.165, 1.54) is 10.8 Å². The van der Waals surface area contributed by atoms with Crippen molar-refractivity contribution >= 4 is 39.1 Å². The van der Waals surface area contributed by atoms with Crippen LogP contribution in [0.5, 0.6) is 0 Å². The third-order valence-corrected chi connectivity index (χ3v) is 2.38. The van der Waals surface area contributed by atoms with Gasteiger partial charge in [-0.1, -0.05) is 26.8 Å². The summed E-state index contributed by atoms with van der Waals surface area (Å²) in [7, 11) is 10.3. The van der Waals surface area contributed by atoms with Gasteiger partial charge in [-0.2, -0.15) is 17.5 Å². The van der Waals surface area contributed by atoms with Gasteiger partial charge >= 0.3 is 35.6 Å². The molecule has 2 aromatic rings. The van der Waals surface area contributed by atoms with Gasteiger partial charge in [-0.3, -0.25) is 0 Å². The molecule has 0 amide bonds. The average molecular weight is 410 g/mol. The van der Waals surface area contributed by atoms with Gasteiger partial charge in [0.25, 0.3) is 0 Å². The molecule has 23 heavy (non-hydrogen) atoms. The molecular weight excluding hydrogens is 385 g/mol. The first kappa shape index (κ1) is 25.5. The summed E-state index contributed by atoms with van der Waals surface area (Å²) in [4.78, 5) is 0. The fraction of sp³-hybridized carbons (Fsp3) is 0.438. The normalized spacial score (nSPS) is 9.57. The van der Waals surface area contributed by atoms with Crippen molar-refractivity contribution in [1.82, 2.24) is 0 Å². The summed E-state index contributed by atoms with van der Waals surface area (Å²) in [6.45, 7) is 8.11. The van der Waals surface area contributed by atoms with Gasteiger partial charge in [-0.15, -0.1) is 35.2 Å². The van der Waals surface area contributed by atoms with Crippen molar-refractivity contribution in [3.05, 3.63) is 48.2 Å². The van der Waals surface area contributed by atoms with Crippen LogP contribution in [-0.2, 0) is 21.5 Å². The molecular formula is C16H25Cl2NO2SiTi-2. The van der Waals surface area contributed by atoms with Crippen molar-refractivity contribution in [2.45, 2.75) is 32.9 Å². The van der Waals surface area contributed by atoms with Crippen molar-refractivity contribution < 1.29 is 26.6 Å². The van der Waals surface area contributed by atoms with Gasteiger partial charge in [0, 0.05) is 0 Å². The maximum absolute atomic E-state index is 8.08. The molecule has 0 bridgehead atoms. The maximum Gasteiger partial charge on any atom is -0.0809 e. The van der Waals surface area contributed by atoms with Crippen molar-refractivity contribution in [3.8, 4) is 0 Å². The third-order valence-electron chi connectivity index (χ3n) is 1.89. The van der Waals surface area contributed by atoms with Gasteiger partial charge in [-0.25, -0.2) is 0 Å². The van der Waals surface area contributed by atoms with Crippen LogP contribution in [0.4, 0.5) is 0 Å². The number of hydrogen-bond acceptors (Lipinski definition) is 2. The Labute approximate surface area is 159 Å². The Kier molecular flexibility index (Phi) is 18.9. The summed E-state index contributed by atoms with van der Waals surface area (Å²) >= 11 is -0.556. The molecule has 2 aromatic carbocycles. The van der Waals surface area contributed by atoms with E-state index in [4.69, 9.17) is 33.9 Å². The minimum Gasteiger partial charge on any atom is -0.168 e.